The zero-order valence-corrected chi connectivity index (χ0v) is 11.2. The van der Waals surface area contributed by atoms with E-state index in [1.165, 1.54) is 12.1 Å². The molecule has 2 aliphatic carbocycles. The molecule has 0 spiro atoms. The van der Waals surface area contributed by atoms with Crippen molar-refractivity contribution in [3.63, 3.8) is 0 Å². The van der Waals surface area contributed by atoms with Crippen LogP contribution >= 0.6 is 0 Å². The summed E-state index contributed by atoms with van der Waals surface area (Å²) in [6.07, 6.45) is 1.81. The Morgan fingerprint density at radius 2 is 2.00 bits per heavy atom. The first-order valence-corrected chi connectivity index (χ1v) is 6.89. The predicted octanol–water partition coefficient (Wildman–Crippen LogP) is 1.83. The van der Waals surface area contributed by atoms with Crippen molar-refractivity contribution in [2.24, 2.45) is 11.8 Å². The Morgan fingerprint density at radius 1 is 1.29 bits per heavy atom. The number of hydrogen-bond donors (Lipinski definition) is 2. The number of carbonyl (C=O) groups excluding carboxylic acids is 1. The average molecular weight is 295 g/mol. The molecule has 2 N–H and O–H groups in total. The summed E-state index contributed by atoms with van der Waals surface area (Å²) in [5.41, 5.74) is -0.0593. The van der Waals surface area contributed by atoms with Gasteiger partial charge in [-0.2, -0.15) is 0 Å². The molecule has 0 heterocycles. The van der Waals surface area contributed by atoms with Crippen molar-refractivity contribution in [2.75, 3.05) is 6.54 Å². The smallest absolute Gasteiger partial charge is 0.307 e. The van der Waals surface area contributed by atoms with Crippen LogP contribution in [0.2, 0.25) is 0 Å². The van der Waals surface area contributed by atoms with Gasteiger partial charge in [0.25, 0.3) is 0 Å². The van der Waals surface area contributed by atoms with Gasteiger partial charge < -0.3 is 10.4 Å². The number of carbonyl (C=O) groups is 2. The maximum absolute atomic E-state index is 13.8. The molecule has 0 radical (unpaired) electrons. The van der Waals surface area contributed by atoms with Crippen molar-refractivity contribution < 1.29 is 23.5 Å². The fourth-order valence-electron chi connectivity index (χ4n) is 2.76. The Morgan fingerprint density at radius 3 is 2.52 bits per heavy atom. The molecule has 2 atom stereocenters. The van der Waals surface area contributed by atoms with Crippen molar-refractivity contribution in [1.29, 1.82) is 0 Å². The van der Waals surface area contributed by atoms with E-state index in [1.807, 2.05) is 0 Å². The Balaban J connectivity index is 1.63. The van der Waals surface area contributed by atoms with Gasteiger partial charge in [-0.15, -0.1) is 0 Å². The molecular weight excluding hydrogens is 280 g/mol. The third kappa shape index (κ3) is 2.62. The van der Waals surface area contributed by atoms with E-state index in [2.05, 4.69) is 5.32 Å². The molecule has 0 saturated heterocycles. The third-order valence-corrected chi connectivity index (χ3v) is 4.40. The van der Waals surface area contributed by atoms with E-state index in [9.17, 15) is 18.4 Å². The Labute approximate surface area is 120 Å². The maximum atomic E-state index is 13.8. The van der Waals surface area contributed by atoms with E-state index in [0.717, 1.165) is 18.9 Å². The molecule has 2 fully saturated rings. The van der Waals surface area contributed by atoms with Gasteiger partial charge in [0.05, 0.1) is 11.8 Å². The summed E-state index contributed by atoms with van der Waals surface area (Å²) >= 11 is 0. The molecule has 0 aromatic heterocycles. The van der Waals surface area contributed by atoms with Gasteiger partial charge >= 0.3 is 5.97 Å². The van der Waals surface area contributed by atoms with E-state index < -0.39 is 34.9 Å². The van der Waals surface area contributed by atoms with Crippen LogP contribution in [0, 0.1) is 23.5 Å². The molecule has 1 aromatic carbocycles. The Hall–Kier alpha value is -1.98. The summed E-state index contributed by atoms with van der Waals surface area (Å²) in [5.74, 6) is -3.55. The first kappa shape index (κ1) is 14.0. The normalized spacial score (nSPS) is 25.2. The second kappa shape index (κ2) is 4.79. The summed E-state index contributed by atoms with van der Waals surface area (Å²) in [6.45, 7) is 0.261. The highest BCUT2D eigenvalue weighted by atomic mass is 19.1. The monoisotopic (exact) mass is 295 g/mol. The van der Waals surface area contributed by atoms with Crippen LogP contribution in [0.15, 0.2) is 18.2 Å². The summed E-state index contributed by atoms with van der Waals surface area (Å²) in [4.78, 5) is 22.6. The van der Waals surface area contributed by atoms with Crippen molar-refractivity contribution in [2.45, 2.75) is 24.7 Å². The summed E-state index contributed by atoms with van der Waals surface area (Å²) in [7, 11) is 0. The van der Waals surface area contributed by atoms with E-state index in [1.54, 1.807) is 0 Å². The van der Waals surface area contributed by atoms with Crippen molar-refractivity contribution in [3.05, 3.63) is 35.4 Å². The minimum absolute atomic E-state index is 0.261. The molecule has 2 unspecified atom stereocenters. The van der Waals surface area contributed by atoms with Crippen LogP contribution in [0.25, 0.3) is 0 Å². The van der Waals surface area contributed by atoms with Gasteiger partial charge in [-0.3, -0.25) is 9.59 Å². The lowest BCUT2D eigenvalue weighted by atomic mass is 9.95. The summed E-state index contributed by atoms with van der Waals surface area (Å²) in [5, 5.41) is 11.5. The van der Waals surface area contributed by atoms with Crippen LogP contribution in [-0.4, -0.2) is 23.5 Å². The highest BCUT2D eigenvalue weighted by Crippen LogP contribution is 2.49. The minimum atomic E-state index is -0.958. The van der Waals surface area contributed by atoms with Gasteiger partial charge in [-0.1, -0.05) is 6.07 Å². The predicted molar refractivity (Wildman–Crippen MR) is 69.5 cm³/mol. The van der Waals surface area contributed by atoms with Crippen molar-refractivity contribution in [1.82, 2.24) is 5.32 Å². The van der Waals surface area contributed by atoms with Gasteiger partial charge in [0.1, 0.15) is 11.6 Å². The summed E-state index contributed by atoms with van der Waals surface area (Å²) < 4.78 is 26.8. The molecule has 112 valence electrons. The van der Waals surface area contributed by atoms with Gasteiger partial charge in [-0.05, 0) is 30.9 Å². The lowest BCUT2D eigenvalue weighted by Gasteiger charge is -2.17. The standard InChI is InChI=1S/C15H15F2NO3/c16-8-1-2-11(12(17)5-8)15(3-4-15)7-18-13(19)9-6-10(9)14(20)21/h1-2,5,9-10H,3-4,6-7H2,(H,18,19)(H,20,21). The molecule has 0 bridgehead atoms. The number of carboxylic acids is 1. The number of aliphatic carboxylic acids is 1. The molecule has 0 aliphatic heterocycles. The molecule has 1 amide bonds. The number of hydrogen-bond acceptors (Lipinski definition) is 2. The highest BCUT2D eigenvalue weighted by molar-refractivity contribution is 5.89. The van der Waals surface area contributed by atoms with Crippen LogP contribution < -0.4 is 5.32 Å². The number of halogens is 2. The zero-order valence-electron chi connectivity index (χ0n) is 11.2. The van der Waals surface area contributed by atoms with Gasteiger partial charge in [0, 0.05) is 18.0 Å². The third-order valence-electron chi connectivity index (χ3n) is 4.40. The topological polar surface area (TPSA) is 66.4 Å². The van der Waals surface area contributed by atoms with Gasteiger partial charge in [0.2, 0.25) is 5.91 Å². The summed E-state index contributed by atoms with van der Waals surface area (Å²) in [6, 6.07) is 3.47. The van der Waals surface area contributed by atoms with Crippen LogP contribution in [-0.2, 0) is 15.0 Å². The Kier molecular flexibility index (Phi) is 3.19. The van der Waals surface area contributed by atoms with Gasteiger partial charge in [-0.25, -0.2) is 8.78 Å². The average Bonchev–Trinajstić information content (AvgIpc) is 3.30. The number of carboxylic acid groups (broad SMARTS) is 1. The first-order chi connectivity index (χ1) is 9.93. The van der Waals surface area contributed by atoms with E-state index >= 15 is 0 Å². The molecule has 21 heavy (non-hydrogen) atoms. The molecule has 4 nitrogen and oxygen atoms in total. The molecular formula is C15H15F2NO3. The first-order valence-electron chi connectivity index (χ1n) is 6.89. The maximum Gasteiger partial charge on any atom is 0.307 e. The number of amides is 1. The van der Waals surface area contributed by atoms with E-state index in [4.69, 9.17) is 5.11 Å². The SMILES string of the molecule is O=C(O)C1CC1C(=O)NCC1(c2ccc(F)cc2F)CC1. The largest absolute Gasteiger partial charge is 0.481 e. The quantitative estimate of drug-likeness (QED) is 0.871. The van der Waals surface area contributed by atoms with Crippen LogP contribution in [0.1, 0.15) is 24.8 Å². The fourth-order valence-corrected chi connectivity index (χ4v) is 2.76. The second-order valence-corrected chi connectivity index (χ2v) is 5.91. The molecule has 6 heteroatoms. The van der Waals surface area contributed by atoms with Crippen LogP contribution in [0.5, 0.6) is 0 Å². The Bertz CT molecular complexity index is 613. The minimum Gasteiger partial charge on any atom is -0.481 e. The molecule has 3 rings (SSSR count). The highest BCUT2D eigenvalue weighted by Gasteiger charge is 2.50. The second-order valence-electron chi connectivity index (χ2n) is 5.91. The van der Waals surface area contributed by atoms with Crippen LogP contribution in [0.4, 0.5) is 8.78 Å². The molecule has 2 aliphatic rings. The lowest BCUT2D eigenvalue weighted by Crippen LogP contribution is -2.34. The van der Waals surface area contributed by atoms with Crippen molar-refractivity contribution in [3.8, 4) is 0 Å². The number of benzene rings is 1. The molecule has 1 aromatic rings. The number of nitrogens with one attached hydrogen (secondary N) is 1. The van der Waals surface area contributed by atoms with Crippen LogP contribution in [0.3, 0.4) is 0 Å². The van der Waals surface area contributed by atoms with E-state index in [-0.39, 0.29) is 12.5 Å². The van der Waals surface area contributed by atoms with Gasteiger partial charge in [0.15, 0.2) is 0 Å². The molecule has 2 saturated carbocycles. The number of rotatable bonds is 5. The zero-order chi connectivity index (χ0) is 15.2. The fraction of sp³-hybridized carbons (Fsp3) is 0.467. The van der Waals surface area contributed by atoms with Crippen molar-refractivity contribution >= 4 is 11.9 Å². The lowest BCUT2D eigenvalue weighted by molar-refractivity contribution is -0.140. The van der Waals surface area contributed by atoms with E-state index in [0.29, 0.717) is 12.0 Å².